The van der Waals surface area contributed by atoms with Crippen molar-refractivity contribution in [2.24, 2.45) is 16.7 Å². The van der Waals surface area contributed by atoms with E-state index in [0.717, 1.165) is 37.0 Å². The first kappa shape index (κ1) is 18.0. The average Bonchev–Trinajstić information content (AvgIpc) is 3.11. The number of hydrogen-bond acceptors (Lipinski definition) is 4. The van der Waals surface area contributed by atoms with E-state index in [1.54, 1.807) is 7.11 Å². The topological polar surface area (TPSA) is 44.8 Å². The molecule has 3 fully saturated rings. The van der Waals surface area contributed by atoms with Crippen LogP contribution in [0.1, 0.15) is 51.5 Å². The Hall–Kier alpha value is -1.39. The average molecular weight is 358 g/mol. The molecule has 0 aromatic heterocycles. The minimum absolute atomic E-state index is 0.119. The number of Topliss-reactive ketones (excluding diaryl/α,β-unsaturated/α-hetero) is 1. The van der Waals surface area contributed by atoms with Crippen LogP contribution in [0, 0.1) is 16.7 Å². The molecule has 3 atom stereocenters. The standard InChI is InChI=1S/C22H30O4/c1-20(15-16-7-4-5-8-17(16)24-3)18-9-6-11-22(25-13-14-26-22)21(18,2)12-10-19(20)23/h4-5,7-8,18H,6,9-15H2,1-3H3/t18-,20-,21-/m0/s1. The summed E-state index contributed by atoms with van der Waals surface area (Å²) in [6, 6.07) is 8.08. The monoisotopic (exact) mass is 358 g/mol. The number of para-hydroxylation sites is 1. The van der Waals surface area contributed by atoms with Gasteiger partial charge in [0.25, 0.3) is 0 Å². The van der Waals surface area contributed by atoms with Gasteiger partial charge in [0.05, 0.1) is 20.3 Å². The predicted octanol–water partition coefficient (Wildman–Crippen LogP) is 4.16. The maximum absolute atomic E-state index is 13.2. The number of methoxy groups -OCH3 is 1. The fraction of sp³-hybridized carbons (Fsp3) is 0.682. The second-order valence-electron chi connectivity index (χ2n) is 8.64. The molecule has 4 nitrogen and oxygen atoms in total. The zero-order valence-electron chi connectivity index (χ0n) is 16.2. The molecule has 1 saturated heterocycles. The Kier molecular flexibility index (Phi) is 4.39. The summed E-state index contributed by atoms with van der Waals surface area (Å²) >= 11 is 0. The van der Waals surface area contributed by atoms with Gasteiger partial charge in [-0.2, -0.15) is 0 Å². The molecule has 1 spiro atoms. The smallest absolute Gasteiger partial charge is 0.174 e. The van der Waals surface area contributed by atoms with E-state index in [-0.39, 0.29) is 11.3 Å². The minimum atomic E-state index is -0.501. The number of ketones is 1. The molecule has 1 aromatic rings. The van der Waals surface area contributed by atoms with Crippen LogP contribution in [0.5, 0.6) is 5.75 Å². The van der Waals surface area contributed by atoms with Gasteiger partial charge in [-0.05, 0) is 43.2 Å². The number of benzene rings is 1. The predicted molar refractivity (Wildman–Crippen MR) is 99.1 cm³/mol. The van der Waals surface area contributed by atoms with E-state index in [1.807, 2.05) is 18.2 Å². The molecule has 0 bridgehead atoms. The largest absolute Gasteiger partial charge is 0.496 e. The van der Waals surface area contributed by atoms with E-state index < -0.39 is 11.2 Å². The van der Waals surface area contributed by atoms with Crippen molar-refractivity contribution in [1.29, 1.82) is 0 Å². The molecule has 0 unspecified atom stereocenters. The quantitative estimate of drug-likeness (QED) is 0.814. The molecule has 0 amide bonds. The molecule has 142 valence electrons. The number of rotatable bonds is 3. The van der Waals surface area contributed by atoms with Crippen LogP contribution in [-0.4, -0.2) is 31.9 Å². The molecular formula is C22H30O4. The maximum atomic E-state index is 13.2. The Labute approximate surface area is 156 Å². The lowest BCUT2D eigenvalue weighted by Gasteiger charge is -2.60. The lowest BCUT2D eigenvalue weighted by atomic mass is 9.47. The first-order valence-electron chi connectivity index (χ1n) is 9.88. The van der Waals surface area contributed by atoms with Crippen molar-refractivity contribution < 1.29 is 19.0 Å². The zero-order chi connectivity index (χ0) is 18.4. The van der Waals surface area contributed by atoms with Gasteiger partial charge in [0.15, 0.2) is 5.79 Å². The minimum Gasteiger partial charge on any atom is -0.496 e. The van der Waals surface area contributed by atoms with Crippen molar-refractivity contribution >= 4 is 5.78 Å². The molecule has 26 heavy (non-hydrogen) atoms. The number of fused-ring (bicyclic) bond motifs is 2. The summed E-state index contributed by atoms with van der Waals surface area (Å²) in [4.78, 5) is 13.2. The highest BCUT2D eigenvalue weighted by Gasteiger charge is 2.65. The Bertz CT molecular complexity index is 693. The highest BCUT2D eigenvalue weighted by atomic mass is 16.7. The lowest BCUT2D eigenvalue weighted by Crippen LogP contribution is -2.62. The third-order valence-corrected chi connectivity index (χ3v) is 7.42. The molecule has 1 heterocycles. The highest BCUT2D eigenvalue weighted by molar-refractivity contribution is 5.86. The van der Waals surface area contributed by atoms with Gasteiger partial charge >= 0.3 is 0 Å². The van der Waals surface area contributed by atoms with Crippen LogP contribution in [0.25, 0.3) is 0 Å². The molecule has 4 rings (SSSR count). The van der Waals surface area contributed by atoms with Crippen molar-refractivity contribution in [1.82, 2.24) is 0 Å². The molecule has 4 heteroatoms. The Morgan fingerprint density at radius 3 is 2.62 bits per heavy atom. The SMILES string of the molecule is COc1ccccc1C[C@]1(C)C(=O)CC[C@@]2(C)[C@H]1CCCC21OCCO1. The van der Waals surface area contributed by atoms with E-state index in [0.29, 0.717) is 31.8 Å². The Morgan fingerprint density at radius 2 is 1.88 bits per heavy atom. The van der Waals surface area contributed by atoms with Gasteiger partial charge < -0.3 is 14.2 Å². The van der Waals surface area contributed by atoms with Crippen LogP contribution in [0.4, 0.5) is 0 Å². The first-order chi connectivity index (χ1) is 12.5. The summed E-state index contributed by atoms with van der Waals surface area (Å²) in [7, 11) is 1.70. The van der Waals surface area contributed by atoms with Crippen molar-refractivity contribution in [3.8, 4) is 5.75 Å². The highest BCUT2D eigenvalue weighted by Crippen LogP contribution is 2.63. The lowest BCUT2D eigenvalue weighted by molar-refractivity contribution is -0.286. The summed E-state index contributed by atoms with van der Waals surface area (Å²) in [5.74, 6) is 1.00. The second-order valence-corrected chi connectivity index (χ2v) is 8.64. The number of carbonyl (C=O) groups excluding carboxylic acids is 1. The normalized spacial score (nSPS) is 36.1. The zero-order valence-corrected chi connectivity index (χ0v) is 16.2. The Balaban J connectivity index is 1.73. The molecule has 2 saturated carbocycles. The van der Waals surface area contributed by atoms with Crippen LogP contribution in [-0.2, 0) is 20.7 Å². The fourth-order valence-corrected chi connectivity index (χ4v) is 6.04. The molecule has 1 aromatic carbocycles. The van der Waals surface area contributed by atoms with Crippen molar-refractivity contribution in [2.75, 3.05) is 20.3 Å². The van der Waals surface area contributed by atoms with Crippen LogP contribution >= 0.6 is 0 Å². The summed E-state index contributed by atoms with van der Waals surface area (Å²) in [5, 5.41) is 0. The molecule has 2 aliphatic carbocycles. The summed E-state index contributed by atoms with van der Waals surface area (Å²) in [5.41, 5.74) is 0.583. The number of hydrogen-bond donors (Lipinski definition) is 0. The maximum Gasteiger partial charge on any atom is 0.174 e. The van der Waals surface area contributed by atoms with Crippen molar-refractivity contribution in [2.45, 2.75) is 58.2 Å². The van der Waals surface area contributed by atoms with E-state index in [4.69, 9.17) is 14.2 Å². The molecule has 0 N–H and O–H groups in total. The summed E-state index contributed by atoms with van der Waals surface area (Å²) in [6.07, 6.45) is 5.23. The van der Waals surface area contributed by atoms with Gasteiger partial charge in [0, 0.05) is 23.7 Å². The molecular weight excluding hydrogens is 328 g/mol. The van der Waals surface area contributed by atoms with Gasteiger partial charge in [-0.15, -0.1) is 0 Å². The third-order valence-electron chi connectivity index (χ3n) is 7.42. The van der Waals surface area contributed by atoms with E-state index >= 15 is 0 Å². The van der Waals surface area contributed by atoms with Gasteiger partial charge in [0.2, 0.25) is 0 Å². The summed E-state index contributed by atoms with van der Waals surface area (Å²) in [6.45, 7) is 5.80. The molecule has 3 aliphatic rings. The van der Waals surface area contributed by atoms with E-state index in [1.165, 1.54) is 0 Å². The summed E-state index contributed by atoms with van der Waals surface area (Å²) < 4.78 is 18.0. The Morgan fingerprint density at radius 1 is 1.15 bits per heavy atom. The number of ether oxygens (including phenoxy) is 3. The van der Waals surface area contributed by atoms with Crippen molar-refractivity contribution in [3.63, 3.8) is 0 Å². The van der Waals surface area contributed by atoms with Crippen LogP contribution in [0.3, 0.4) is 0 Å². The fourth-order valence-electron chi connectivity index (χ4n) is 6.04. The van der Waals surface area contributed by atoms with E-state index in [2.05, 4.69) is 19.9 Å². The third kappa shape index (κ3) is 2.45. The number of carbonyl (C=O) groups is 1. The van der Waals surface area contributed by atoms with Crippen LogP contribution in [0.2, 0.25) is 0 Å². The molecule has 1 aliphatic heterocycles. The first-order valence-corrected chi connectivity index (χ1v) is 9.88. The van der Waals surface area contributed by atoms with Gasteiger partial charge in [-0.3, -0.25) is 4.79 Å². The molecule has 0 radical (unpaired) electrons. The van der Waals surface area contributed by atoms with Gasteiger partial charge in [-0.1, -0.05) is 32.0 Å². The van der Waals surface area contributed by atoms with Gasteiger partial charge in [0.1, 0.15) is 11.5 Å². The van der Waals surface area contributed by atoms with Gasteiger partial charge in [-0.25, -0.2) is 0 Å². The van der Waals surface area contributed by atoms with Crippen molar-refractivity contribution in [3.05, 3.63) is 29.8 Å². The second kappa shape index (κ2) is 6.35. The van der Waals surface area contributed by atoms with E-state index in [9.17, 15) is 4.79 Å². The van der Waals surface area contributed by atoms with Crippen LogP contribution < -0.4 is 4.74 Å². The van der Waals surface area contributed by atoms with Crippen LogP contribution in [0.15, 0.2) is 24.3 Å².